The maximum atomic E-state index is 13.7. The lowest BCUT2D eigenvalue weighted by atomic mass is 9.91. The summed E-state index contributed by atoms with van der Waals surface area (Å²) < 4.78 is 5.82. The van der Waals surface area contributed by atoms with Crippen LogP contribution in [0, 0.1) is 0 Å². The van der Waals surface area contributed by atoms with E-state index in [4.69, 9.17) is 4.74 Å². The third kappa shape index (κ3) is 3.34. The molecule has 3 fully saturated rings. The zero-order valence-electron chi connectivity index (χ0n) is 19.7. The molecule has 2 aromatic carbocycles. The van der Waals surface area contributed by atoms with Gasteiger partial charge in [0, 0.05) is 44.2 Å². The van der Waals surface area contributed by atoms with Gasteiger partial charge in [0.25, 0.3) is 0 Å². The number of ether oxygens (including phenoxy) is 1. The topological polar surface area (TPSA) is 87.2 Å². The summed E-state index contributed by atoms with van der Waals surface area (Å²) in [6, 6.07) is 15.1. The van der Waals surface area contributed by atoms with Gasteiger partial charge in [-0.1, -0.05) is 30.3 Å². The molecule has 2 saturated heterocycles. The van der Waals surface area contributed by atoms with Crippen molar-refractivity contribution >= 4 is 29.4 Å². The quantitative estimate of drug-likeness (QED) is 0.638. The van der Waals surface area contributed by atoms with Gasteiger partial charge in [0.05, 0.1) is 17.5 Å². The van der Waals surface area contributed by atoms with Crippen molar-refractivity contribution in [2.75, 3.05) is 37.6 Å². The lowest BCUT2D eigenvalue weighted by Crippen LogP contribution is -2.51. The largest absolute Gasteiger partial charge is 0.449 e. The van der Waals surface area contributed by atoms with Gasteiger partial charge in [0.15, 0.2) is 5.60 Å². The second-order valence-electron chi connectivity index (χ2n) is 10.0. The highest BCUT2D eigenvalue weighted by atomic mass is 16.6. The molecule has 180 valence electrons. The van der Waals surface area contributed by atoms with Crippen molar-refractivity contribution < 1.29 is 23.9 Å². The van der Waals surface area contributed by atoms with Crippen molar-refractivity contribution in [2.24, 2.45) is 0 Å². The molecule has 1 aliphatic carbocycles. The number of likely N-dealkylation sites (tertiary alicyclic amines) is 1. The Balaban J connectivity index is 1.18. The highest BCUT2D eigenvalue weighted by Gasteiger charge is 2.57. The van der Waals surface area contributed by atoms with Crippen LogP contribution in [0.3, 0.4) is 0 Å². The lowest BCUT2D eigenvalue weighted by Gasteiger charge is -2.34. The predicted octanol–water partition coefficient (Wildman–Crippen LogP) is 2.21. The molecule has 6 rings (SSSR count). The van der Waals surface area contributed by atoms with Crippen LogP contribution in [0.2, 0.25) is 0 Å². The summed E-state index contributed by atoms with van der Waals surface area (Å²) in [5, 5.41) is 0. The number of anilines is 1. The van der Waals surface area contributed by atoms with Gasteiger partial charge in [-0.15, -0.1) is 0 Å². The summed E-state index contributed by atoms with van der Waals surface area (Å²) in [7, 11) is 0. The molecule has 35 heavy (non-hydrogen) atoms. The first-order valence-corrected chi connectivity index (χ1v) is 12.1. The van der Waals surface area contributed by atoms with Crippen LogP contribution in [0.1, 0.15) is 47.7 Å². The predicted molar refractivity (Wildman–Crippen MR) is 127 cm³/mol. The van der Waals surface area contributed by atoms with Crippen LogP contribution < -0.4 is 4.90 Å². The molecule has 3 heterocycles. The fraction of sp³-hybridized carbons (Fsp3) is 0.407. The van der Waals surface area contributed by atoms with Crippen LogP contribution >= 0.6 is 0 Å². The van der Waals surface area contributed by atoms with Gasteiger partial charge in [0.2, 0.25) is 17.7 Å². The van der Waals surface area contributed by atoms with E-state index in [2.05, 4.69) is 0 Å². The van der Waals surface area contributed by atoms with Gasteiger partial charge in [-0.2, -0.15) is 0 Å². The van der Waals surface area contributed by atoms with Crippen molar-refractivity contribution in [2.45, 2.75) is 37.2 Å². The summed E-state index contributed by atoms with van der Waals surface area (Å²) in [6.07, 6.45) is 2.16. The van der Waals surface area contributed by atoms with Gasteiger partial charge < -0.3 is 19.4 Å². The molecule has 0 aromatic heterocycles. The monoisotopic (exact) mass is 473 g/mol. The Bertz CT molecular complexity index is 1250. The van der Waals surface area contributed by atoms with Crippen molar-refractivity contribution in [3.63, 3.8) is 0 Å². The molecule has 2 aromatic rings. The molecule has 1 spiro atoms. The number of nitrogens with zero attached hydrogens (tertiary/aromatic N) is 3. The minimum absolute atomic E-state index is 0.0775. The maximum absolute atomic E-state index is 13.7. The Morgan fingerprint density at radius 1 is 0.886 bits per heavy atom. The summed E-state index contributed by atoms with van der Waals surface area (Å²) in [5.41, 5.74) is 1.90. The Morgan fingerprint density at radius 3 is 2.31 bits per heavy atom. The Labute approximate surface area is 203 Å². The van der Waals surface area contributed by atoms with E-state index in [1.54, 1.807) is 15.9 Å². The highest BCUT2D eigenvalue weighted by Crippen LogP contribution is 2.52. The second-order valence-corrected chi connectivity index (χ2v) is 10.0. The number of amides is 3. The van der Waals surface area contributed by atoms with Gasteiger partial charge in [-0.05, 0) is 36.6 Å². The SMILES string of the molecule is CC(=O)N1CCN(c2ccc(C3(C(=O)N4CCC5(C4)OC(=O)c4ccccc45)CC3)cc2)C(=O)C1. The molecule has 0 bridgehead atoms. The first-order valence-electron chi connectivity index (χ1n) is 12.1. The number of esters is 1. The number of rotatable bonds is 3. The highest BCUT2D eigenvalue weighted by molar-refractivity contribution is 5.98. The van der Waals surface area contributed by atoms with Gasteiger partial charge in [0.1, 0.15) is 6.54 Å². The van der Waals surface area contributed by atoms with E-state index in [0.717, 1.165) is 29.7 Å². The second kappa shape index (κ2) is 7.66. The van der Waals surface area contributed by atoms with E-state index in [9.17, 15) is 19.2 Å². The Morgan fingerprint density at radius 2 is 1.63 bits per heavy atom. The molecule has 8 nitrogen and oxygen atoms in total. The standard InChI is InChI=1S/C27H27N3O5/c1-18(31)28-14-15-30(23(32)16-28)20-8-6-19(7-9-20)26(10-11-26)25(34)29-13-12-27(17-29)22-5-3-2-4-21(22)24(33)35-27/h2-9H,10-17H2,1H3. The number of benzene rings is 2. The fourth-order valence-corrected chi connectivity index (χ4v) is 5.83. The zero-order chi connectivity index (χ0) is 24.4. The van der Waals surface area contributed by atoms with Crippen LogP contribution in [0.15, 0.2) is 48.5 Å². The van der Waals surface area contributed by atoms with E-state index in [1.165, 1.54) is 6.92 Å². The minimum Gasteiger partial charge on any atom is -0.449 e. The van der Waals surface area contributed by atoms with E-state index in [0.29, 0.717) is 38.2 Å². The van der Waals surface area contributed by atoms with E-state index in [1.807, 2.05) is 47.4 Å². The molecule has 8 heteroatoms. The van der Waals surface area contributed by atoms with E-state index >= 15 is 0 Å². The van der Waals surface area contributed by atoms with Crippen molar-refractivity contribution in [3.05, 3.63) is 65.2 Å². The van der Waals surface area contributed by atoms with Crippen molar-refractivity contribution in [3.8, 4) is 0 Å². The molecule has 1 saturated carbocycles. The van der Waals surface area contributed by atoms with Gasteiger partial charge in [-0.3, -0.25) is 14.4 Å². The van der Waals surface area contributed by atoms with E-state index < -0.39 is 11.0 Å². The number of carbonyl (C=O) groups is 4. The molecule has 0 N–H and O–H groups in total. The normalized spacial score (nSPS) is 24.5. The number of hydrogen-bond donors (Lipinski definition) is 0. The number of fused-ring (bicyclic) bond motifs is 2. The van der Waals surface area contributed by atoms with Gasteiger partial charge in [-0.25, -0.2) is 4.79 Å². The first kappa shape index (κ1) is 21.8. The van der Waals surface area contributed by atoms with Crippen LogP contribution in [0.25, 0.3) is 0 Å². The molecule has 3 amide bonds. The smallest absolute Gasteiger partial charge is 0.339 e. The molecular formula is C27H27N3O5. The maximum Gasteiger partial charge on any atom is 0.339 e. The van der Waals surface area contributed by atoms with E-state index in [-0.39, 0.29) is 30.2 Å². The molecule has 4 aliphatic rings. The van der Waals surface area contributed by atoms with Crippen LogP contribution in [0.4, 0.5) is 5.69 Å². The summed E-state index contributed by atoms with van der Waals surface area (Å²) >= 11 is 0. The first-order chi connectivity index (χ1) is 16.8. The summed E-state index contributed by atoms with van der Waals surface area (Å²) in [6.45, 7) is 3.46. The minimum atomic E-state index is -0.744. The number of carbonyl (C=O) groups excluding carboxylic acids is 4. The number of hydrogen-bond acceptors (Lipinski definition) is 5. The number of piperazine rings is 1. The van der Waals surface area contributed by atoms with Crippen LogP contribution in [-0.2, 0) is 30.1 Å². The molecular weight excluding hydrogens is 446 g/mol. The average molecular weight is 474 g/mol. The Hall–Kier alpha value is -3.68. The summed E-state index contributed by atoms with van der Waals surface area (Å²) in [4.78, 5) is 55.3. The molecule has 1 unspecified atom stereocenters. The van der Waals surface area contributed by atoms with Gasteiger partial charge >= 0.3 is 5.97 Å². The zero-order valence-corrected chi connectivity index (χ0v) is 19.7. The molecule has 0 radical (unpaired) electrons. The molecule has 3 aliphatic heterocycles. The van der Waals surface area contributed by atoms with Crippen molar-refractivity contribution in [1.82, 2.24) is 9.80 Å². The summed E-state index contributed by atoms with van der Waals surface area (Å²) in [5.74, 6) is -0.439. The lowest BCUT2D eigenvalue weighted by molar-refractivity contribution is -0.135. The molecule has 1 atom stereocenters. The van der Waals surface area contributed by atoms with Crippen LogP contribution in [-0.4, -0.2) is 66.2 Å². The third-order valence-corrected chi connectivity index (χ3v) is 8.00. The van der Waals surface area contributed by atoms with Crippen LogP contribution in [0.5, 0.6) is 0 Å². The fourth-order valence-electron chi connectivity index (χ4n) is 5.83. The average Bonchev–Trinajstić information content (AvgIpc) is 3.50. The van der Waals surface area contributed by atoms with Crippen molar-refractivity contribution in [1.29, 1.82) is 0 Å². The third-order valence-electron chi connectivity index (χ3n) is 8.00. The Kier molecular flexibility index (Phi) is 4.78.